The molecule has 0 saturated carbocycles. The molecule has 0 heterocycles. The van der Waals surface area contributed by atoms with E-state index in [9.17, 15) is 17.2 Å². The van der Waals surface area contributed by atoms with Crippen molar-refractivity contribution < 1.29 is 21.9 Å². The van der Waals surface area contributed by atoms with E-state index in [4.69, 9.17) is 4.74 Å². The predicted octanol–water partition coefficient (Wildman–Crippen LogP) is 3.97. The van der Waals surface area contributed by atoms with Crippen LogP contribution in [0.25, 0.3) is 0 Å². The molecule has 0 amide bonds. The molecule has 0 spiro atoms. The summed E-state index contributed by atoms with van der Waals surface area (Å²) >= 11 is 0. The van der Waals surface area contributed by atoms with Crippen LogP contribution in [0.4, 0.5) is 8.78 Å². The van der Waals surface area contributed by atoms with Crippen LogP contribution in [0.1, 0.15) is 46.0 Å². The van der Waals surface area contributed by atoms with Gasteiger partial charge >= 0.3 is 0 Å². The van der Waals surface area contributed by atoms with Gasteiger partial charge in [-0.05, 0) is 44.0 Å². The maximum atomic E-state index is 13.6. The molecule has 7 heteroatoms. The summed E-state index contributed by atoms with van der Waals surface area (Å²) < 4.78 is 59.0. The molecule has 0 saturated heterocycles. The van der Waals surface area contributed by atoms with E-state index in [0.29, 0.717) is 12.2 Å². The molecule has 0 aliphatic heterocycles. The van der Waals surface area contributed by atoms with Crippen molar-refractivity contribution in [1.29, 1.82) is 0 Å². The second-order valence-corrected chi connectivity index (χ2v) is 7.41. The third kappa shape index (κ3) is 6.83. The van der Waals surface area contributed by atoms with Gasteiger partial charge in [0.1, 0.15) is 5.75 Å². The zero-order chi connectivity index (χ0) is 17.5. The number of benzene rings is 1. The number of halogens is 2. The Morgan fingerprint density at radius 2 is 1.83 bits per heavy atom. The standard InChI is InChI=1S/C16H25F2NO3S/c1-4-5-11-16(17,18)12-10-13(2)19-23(20,21)15-8-6-14(22-3)7-9-15/h6-9,13,19H,4-5,10-12H2,1-3H3. The van der Waals surface area contributed by atoms with Gasteiger partial charge < -0.3 is 4.74 Å². The van der Waals surface area contributed by atoms with Gasteiger partial charge in [0.25, 0.3) is 0 Å². The van der Waals surface area contributed by atoms with Crippen molar-refractivity contribution in [3.63, 3.8) is 0 Å². The highest BCUT2D eigenvalue weighted by molar-refractivity contribution is 7.89. The quantitative estimate of drug-likeness (QED) is 0.695. The summed E-state index contributed by atoms with van der Waals surface area (Å²) in [7, 11) is -2.23. The minimum absolute atomic E-state index is 0.0860. The molecular weight excluding hydrogens is 324 g/mol. The second-order valence-electron chi connectivity index (χ2n) is 5.70. The SMILES string of the molecule is CCCCC(F)(F)CCC(C)NS(=O)(=O)c1ccc(OC)cc1. The lowest BCUT2D eigenvalue weighted by atomic mass is 10.0. The van der Waals surface area contributed by atoms with Gasteiger partial charge in [0.2, 0.25) is 15.9 Å². The molecule has 1 rings (SSSR count). The molecule has 1 N–H and O–H groups in total. The Kier molecular flexibility index (Phi) is 7.41. The number of methoxy groups -OCH3 is 1. The first-order valence-corrected chi connectivity index (χ1v) is 9.22. The van der Waals surface area contributed by atoms with Crippen molar-refractivity contribution in [1.82, 2.24) is 4.72 Å². The molecule has 23 heavy (non-hydrogen) atoms. The fourth-order valence-corrected chi connectivity index (χ4v) is 3.41. The van der Waals surface area contributed by atoms with E-state index in [1.807, 2.05) is 6.92 Å². The Hall–Kier alpha value is -1.21. The van der Waals surface area contributed by atoms with Gasteiger partial charge in [-0.15, -0.1) is 0 Å². The average Bonchev–Trinajstić information content (AvgIpc) is 2.51. The summed E-state index contributed by atoms with van der Waals surface area (Å²) in [4.78, 5) is 0.0860. The fraction of sp³-hybridized carbons (Fsp3) is 0.625. The Bertz CT molecular complexity index is 573. The van der Waals surface area contributed by atoms with Crippen LogP contribution >= 0.6 is 0 Å². The van der Waals surface area contributed by atoms with Crippen LogP contribution in [0, 0.1) is 0 Å². The van der Waals surface area contributed by atoms with Crippen LogP contribution in [0.15, 0.2) is 29.2 Å². The molecule has 0 radical (unpaired) electrons. The summed E-state index contributed by atoms with van der Waals surface area (Å²) in [6, 6.07) is 5.36. The van der Waals surface area contributed by atoms with Gasteiger partial charge in [-0.25, -0.2) is 21.9 Å². The Labute approximate surface area is 137 Å². The third-order valence-electron chi connectivity index (χ3n) is 3.57. The number of nitrogens with one attached hydrogen (secondary N) is 1. The van der Waals surface area contributed by atoms with Crippen molar-refractivity contribution >= 4 is 10.0 Å². The number of unbranched alkanes of at least 4 members (excludes halogenated alkanes) is 1. The summed E-state index contributed by atoms with van der Waals surface area (Å²) in [5.74, 6) is -2.19. The summed E-state index contributed by atoms with van der Waals surface area (Å²) in [6.45, 7) is 3.46. The highest BCUT2D eigenvalue weighted by atomic mass is 32.2. The zero-order valence-corrected chi connectivity index (χ0v) is 14.6. The number of ether oxygens (including phenoxy) is 1. The number of hydrogen-bond acceptors (Lipinski definition) is 3. The van der Waals surface area contributed by atoms with Crippen LogP contribution < -0.4 is 9.46 Å². The van der Waals surface area contributed by atoms with Crippen LogP contribution in [-0.2, 0) is 10.0 Å². The largest absolute Gasteiger partial charge is 0.497 e. The summed E-state index contributed by atoms with van der Waals surface area (Å²) in [6.07, 6.45) is 0.807. The Morgan fingerprint density at radius 3 is 2.35 bits per heavy atom. The minimum atomic E-state index is -3.72. The normalized spacial score (nSPS) is 13.8. The summed E-state index contributed by atoms with van der Waals surface area (Å²) in [5, 5.41) is 0. The molecule has 1 atom stereocenters. The van der Waals surface area contributed by atoms with E-state index >= 15 is 0 Å². The number of sulfonamides is 1. The molecule has 1 unspecified atom stereocenters. The zero-order valence-electron chi connectivity index (χ0n) is 13.8. The Morgan fingerprint density at radius 1 is 1.22 bits per heavy atom. The number of hydrogen-bond donors (Lipinski definition) is 1. The van der Waals surface area contributed by atoms with Crippen molar-refractivity contribution in [3.8, 4) is 5.75 Å². The van der Waals surface area contributed by atoms with Crippen molar-refractivity contribution in [3.05, 3.63) is 24.3 Å². The minimum Gasteiger partial charge on any atom is -0.497 e. The molecule has 4 nitrogen and oxygen atoms in total. The van der Waals surface area contributed by atoms with Gasteiger partial charge in [-0.1, -0.05) is 13.3 Å². The number of alkyl halides is 2. The molecular formula is C16H25F2NO3S. The van der Waals surface area contributed by atoms with Crippen molar-refractivity contribution in [2.45, 2.75) is 62.8 Å². The lowest BCUT2D eigenvalue weighted by Gasteiger charge is -2.19. The Balaban J connectivity index is 2.59. The molecule has 1 aromatic rings. The predicted molar refractivity (Wildman–Crippen MR) is 86.5 cm³/mol. The van der Waals surface area contributed by atoms with Gasteiger partial charge in [0.15, 0.2) is 0 Å². The molecule has 0 aromatic heterocycles. The molecule has 0 aliphatic carbocycles. The van der Waals surface area contributed by atoms with Crippen LogP contribution in [0.3, 0.4) is 0 Å². The maximum Gasteiger partial charge on any atom is 0.248 e. The molecule has 0 aliphatic rings. The second kappa shape index (κ2) is 8.59. The molecule has 0 fully saturated rings. The lowest BCUT2D eigenvalue weighted by Crippen LogP contribution is -2.34. The van der Waals surface area contributed by atoms with Gasteiger partial charge in [0.05, 0.1) is 12.0 Å². The monoisotopic (exact) mass is 349 g/mol. The highest BCUT2D eigenvalue weighted by Crippen LogP contribution is 2.27. The van der Waals surface area contributed by atoms with E-state index < -0.39 is 22.0 Å². The van der Waals surface area contributed by atoms with E-state index in [1.54, 1.807) is 6.92 Å². The third-order valence-corrected chi connectivity index (χ3v) is 5.17. The van der Waals surface area contributed by atoms with Crippen molar-refractivity contribution in [2.24, 2.45) is 0 Å². The van der Waals surface area contributed by atoms with E-state index in [0.717, 1.165) is 6.42 Å². The highest BCUT2D eigenvalue weighted by Gasteiger charge is 2.29. The topological polar surface area (TPSA) is 55.4 Å². The van der Waals surface area contributed by atoms with Gasteiger partial charge in [-0.3, -0.25) is 0 Å². The first kappa shape index (κ1) is 19.8. The smallest absolute Gasteiger partial charge is 0.248 e. The van der Waals surface area contributed by atoms with E-state index in [-0.39, 0.29) is 24.2 Å². The van der Waals surface area contributed by atoms with Gasteiger partial charge in [0, 0.05) is 18.9 Å². The van der Waals surface area contributed by atoms with Crippen molar-refractivity contribution in [2.75, 3.05) is 7.11 Å². The van der Waals surface area contributed by atoms with E-state index in [2.05, 4.69) is 4.72 Å². The maximum absolute atomic E-state index is 13.6. The molecule has 132 valence electrons. The summed E-state index contributed by atoms with van der Waals surface area (Å²) in [5.41, 5.74) is 0. The van der Waals surface area contributed by atoms with Crippen LogP contribution in [0.2, 0.25) is 0 Å². The molecule has 0 bridgehead atoms. The first-order chi connectivity index (χ1) is 10.7. The van der Waals surface area contributed by atoms with E-state index in [1.165, 1.54) is 31.4 Å². The lowest BCUT2D eigenvalue weighted by molar-refractivity contribution is -0.0212. The first-order valence-electron chi connectivity index (χ1n) is 7.74. The van der Waals surface area contributed by atoms with Crippen LogP contribution in [-0.4, -0.2) is 27.5 Å². The fourth-order valence-electron chi connectivity index (χ4n) is 2.13. The number of rotatable bonds is 10. The van der Waals surface area contributed by atoms with Gasteiger partial charge in [-0.2, -0.15) is 0 Å². The average molecular weight is 349 g/mol. The van der Waals surface area contributed by atoms with Crippen LogP contribution in [0.5, 0.6) is 5.75 Å². The molecule has 1 aromatic carbocycles.